The minimum absolute atomic E-state index is 0.0264. The summed E-state index contributed by atoms with van der Waals surface area (Å²) in [5.41, 5.74) is 7.16. The quantitative estimate of drug-likeness (QED) is 0.752. The molecule has 4 nitrogen and oxygen atoms in total. The second-order valence-corrected chi connectivity index (χ2v) is 6.02. The first-order valence-electron chi connectivity index (χ1n) is 7.44. The fourth-order valence-corrected chi connectivity index (χ4v) is 2.24. The van der Waals surface area contributed by atoms with Crippen LogP contribution in [0.4, 0.5) is 11.4 Å². The lowest BCUT2D eigenvalue weighted by Gasteiger charge is -2.22. The van der Waals surface area contributed by atoms with Crippen LogP contribution in [-0.4, -0.2) is 29.9 Å². The first-order chi connectivity index (χ1) is 9.56. The Morgan fingerprint density at radius 2 is 2.10 bits per heavy atom. The highest BCUT2D eigenvalue weighted by Gasteiger charge is 2.30. The lowest BCUT2D eigenvalue weighted by Crippen LogP contribution is -2.36. The molecular formula is C16H25N3O. The zero-order valence-corrected chi connectivity index (χ0v) is 12.4. The van der Waals surface area contributed by atoms with Crippen molar-refractivity contribution < 1.29 is 4.79 Å². The van der Waals surface area contributed by atoms with Gasteiger partial charge in [-0.1, -0.05) is 26.0 Å². The van der Waals surface area contributed by atoms with Gasteiger partial charge in [0.05, 0.1) is 17.9 Å². The fraction of sp³-hybridized carbons (Fsp3) is 0.562. The van der Waals surface area contributed by atoms with Gasteiger partial charge in [0.1, 0.15) is 0 Å². The van der Waals surface area contributed by atoms with Crippen molar-refractivity contribution in [3.63, 3.8) is 0 Å². The van der Waals surface area contributed by atoms with Crippen molar-refractivity contribution >= 4 is 17.3 Å². The molecule has 0 aliphatic heterocycles. The molecule has 0 saturated heterocycles. The van der Waals surface area contributed by atoms with E-state index in [4.69, 9.17) is 5.73 Å². The maximum atomic E-state index is 12.1. The zero-order valence-electron chi connectivity index (χ0n) is 12.4. The van der Waals surface area contributed by atoms with Crippen LogP contribution in [0.5, 0.6) is 0 Å². The molecule has 20 heavy (non-hydrogen) atoms. The first-order valence-corrected chi connectivity index (χ1v) is 7.44. The number of carbonyl (C=O) groups is 1. The average molecular weight is 275 g/mol. The van der Waals surface area contributed by atoms with Gasteiger partial charge in [-0.3, -0.25) is 9.69 Å². The van der Waals surface area contributed by atoms with E-state index in [0.29, 0.717) is 29.9 Å². The van der Waals surface area contributed by atoms with E-state index in [-0.39, 0.29) is 5.91 Å². The molecule has 0 spiro atoms. The third-order valence-corrected chi connectivity index (χ3v) is 3.64. The van der Waals surface area contributed by atoms with Gasteiger partial charge in [0.15, 0.2) is 0 Å². The Bertz CT molecular complexity index is 455. The van der Waals surface area contributed by atoms with E-state index in [2.05, 4.69) is 24.1 Å². The van der Waals surface area contributed by atoms with Crippen LogP contribution in [0.2, 0.25) is 0 Å². The van der Waals surface area contributed by atoms with Crippen LogP contribution in [0.15, 0.2) is 24.3 Å². The predicted octanol–water partition coefficient (Wildman–Crippen LogP) is 2.72. The van der Waals surface area contributed by atoms with Gasteiger partial charge in [0, 0.05) is 6.04 Å². The monoisotopic (exact) mass is 275 g/mol. The molecule has 0 radical (unpaired) electrons. The second kappa shape index (κ2) is 6.75. The molecule has 1 aliphatic carbocycles. The number of para-hydroxylation sites is 2. The van der Waals surface area contributed by atoms with E-state index in [9.17, 15) is 4.79 Å². The van der Waals surface area contributed by atoms with E-state index >= 15 is 0 Å². The van der Waals surface area contributed by atoms with Gasteiger partial charge < -0.3 is 11.1 Å². The molecule has 110 valence electrons. The van der Waals surface area contributed by atoms with Crippen molar-refractivity contribution in [2.24, 2.45) is 5.92 Å². The van der Waals surface area contributed by atoms with Crippen LogP contribution in [0, 0.1) is 5.92 Å². The lowest BCUT2D eigenvalue weighted by molar-refractivity contribution is -0.117. The molecule has 1 aromatic rings. The Morgan fingerprint density at radius 3 is 2.70 bits per heavy atom. The number of anilines is 2. The minimum atomic E-state index is 0.0264. The second-order valence-electron chi connectivity index (χ2n) is 6.02. The summed E-state index contributed by atoms with van der Waals surface area (Å²) in [4.78, 5) is 14.4. The third-order valence-electron chi connectivity index (χ3n) is 3.64. The van der Waals surface area contributed by atoms with Gasteiger partial charge in [-0.15, -0.1) is 0 Å². The molecule has 1 aliphatic rings. The minimum Gasteiger partial charge on any atom is -0.397 e. The Morgan fingerprint density at radius 1 is 1.40 bits per heavy atom. The molecule has 0 unspecified atom stereocenters. The van der Waals surface area contributed by atoms with Crippen molar-refractivity contribution in [2.45, 2.75) is 39.2 Å². The Labute approximate surface area is 121 Å². The molecule has 0 aromatic heterocycles. The lowest BCUT2D eigenvalue weighted by atomic mass is 10.1. The Hall–Kier alpha value is -1.55. The summed E-state index contributed by atoms with van der Waals surface area (Å²) >= 11 is 0. The molecule has 1 amide bonds. The van der Waals surface area contributed by atoms with Gasteiger partial charge in [0.2, 0.25) is 5.91 Å². The largest absolute Gasteiger partial charge is 0.397 e. The molecule has 0 heterocycles. The maximum absolute atomic E-state index is 12.1. The number of hydrogen-bond donors (Lipinski definition) is 2. The molecule has 0 bridgehead atoms. The summed E-state index contributed by atoms with van der Waals surface area (Å²) < 4.78 is 0. The number of carbonyl (C=O) groups excluding carboxylic acids is 1. The van der Waals surface area contributed by atoms with Crippen LogP contribution < -0.4 is 11.1 Å². The number of nitrogen functional groups attached to an aromatic ring is 1. The van der Waals surface area contributed by atoms with Crippen LogP contribution >= 0.6 is 0 Å². The van der Waals surface area contributed by atoms with Gasteiger partial charge >= 0.3 is 0 Å². The van der Waals surface area contributed by atoms with E-state index in [1.807, 2.05) is 18.2 Å². The normalized spacial score (nSPS) is 14.8. The van der Waals surface area contributed by atoms with Crippen molar-refractivity contribution in [2.75, 3.05) is 24.1 Å². The highest BCUT2D eigenvalue weighted by atomic mass is 16.2. The van der Waals surface area contributed by atoms with Crippen molar-refractivity contribution in [3.8, 4) is 0 Å². The number of nitrogens with two attached hydrogens (primary N) is 1. The first kappa shape index (κ1) is 14.9. The standard InChI is InChI=1S/C16H25N3O/c1-12(2)9-10-19(13-7-8-13)11-16(20)18-15-6-4-3-5-14(15)17/h3-6,12-13H,7-11,17H2,1-2H3,(H,18,20). The molecule has 2 rings (SSSR count). The van der Waals surface area contributed by atoms with Crippen molar-refractivity contribution in [1.82, 2.24) is 4.90 Å². The number of rotatable bonds is 7. The van der Waals surface area contributed by atoms with Crippen LogP contribution in [0.3, 0.4) is 0 Å². The summed E-state index contributed by atoms with van der Waals surface area (Å²) in [5.74, 6) is 0.697. The number of amides is 1. The summed E-state index contributed by atoms with van der Waals surface area (Å²) in [6.07, 6.45) is 3.58. The molecule has 4 heteroatoms. The van der Waals surface area contributed by atoms with E-state index in [1.54, 1.807) is 6.07 Å². The van der Waals surface area contributed by atoms with Crippen LogP contribution in [-0.2, 0) is 4.79 Å². The Kier molecular flexibility index (Phi) is 5.01. The summed E-state index contributed by atoms with van der Waals surface area (Å²) in [5, 5.41) is 2.91. The highest BCUT2D eigenvalue weighted by molar-refractivity contribution is 5.95. The zero-order chi connectivity index (χ0) is 14.5. The summed E-state index contributed by atoms with van der Waals surface area (Å²) in [7, 11) is 0. The number of nitrogens with one attached hydrogen (secondary N) is 1. The van der Waals surface area contributed by atoms with Gasteiger partial charge in [-0.25, -0.2) is 0 Å². The topological polar surface area (TPSA) is 58.4 Å². The van der Waals surface area contributed by atoms with Crippen LogP contribution in [0.1, 0.15) is 33.1 Å². The number of benzene rings is 1. The number of nitrogens with zero attached hydrogens (tertiary/aromatic N) is 1. The summed E-state index contributed by atoms with van der Waals surface area (Å²) in [6.45, 7) is 5.90. The number of hydrogen-bond acceptors (Lipinski definition) is 3. The highest BCUT2D eigenvalue weighted by Crippen LogP contribution is 2.27. The molecular weight excluding hydrogens is 250 g/mol. The Balaban J connectivity index is 1.87. The SMILES string of the molecule is CC(C)CCN(CC(=O)Nc1ccccc1N)C1CC1. The van der Waals surface area contributed by atoms with E-state index in [0.717, 1.165) is 13.0 Å². The van der Waals surface area contributed by atoms with Crippen LogP contribution in [0.25, 0.3) is 0 Å². The molecule has 1 fully saturated rings. The smallest absolute Gasteiger partial charge is 0.238 e. The van der Waals surface area contributed by atoms with Gasteiger partial charge in [-0.05, 0) is 43.9 Å². The maximum Gasteiger partial charge on any atom is 0.238 e. The summed E-state index contributed by atoms with van der Waals surface area (Å²) in [6, 6.07) is 7.98. The van der Waals surface area contributed by atoms with Crippen molar-refractivity contribution in [1.29, 1.82) is 0 Å². The predicted molar refractivity (Wildman–Crippen MR) is 83.5 cm³/mol. The molecule has 1 saturated carbocycles. The van der Waals surface area contributed by atoms with Gasteiger partial charge in [-0.2, -0.15) is 0 Å². The molecule has 1 aromatic carbocycles. The van der Waals surface area contributed by atoms with E-state index in [1.165, 1.54) is 12.8 Å². The third kappa shape index (κ3) is 4.53. The van der Waals surface area contributed by atoms with E-state index < -0.39 is 0 Å². The fourth-order valence-electron chi connectivity index (χ4n) is 2.24. The molecule has 0 atom stereocenters. The van der Waals surface area contributed by atoms with Gasteiger partial charge in [0.25, 0.3) is 0 Å². The van der Waals surface area contributed by atoms with Crippen molar-refractivity contribution in [3.05, 3.63) is 24.3 Å². The molecule has 3 N–H and O–H groups in total. The average Bonchev–Trinajstić information content (AvgIpc) is 3.21.